The van der Waals surface area contributed by atoms with Gasteiger partial charge in [0, 0.05) is 0 Å². The first-order valence-corrected chi connectivity index (χ1v) is 8.65. The second-order valence-electron chi connectivity index (χ2n) is 5.43. The van der Waals surface area contributed by atoms with E-state index >= 15 is 0 Å². The fourth-order valence-electron chi connectivity index (χ4n) is 2.71. The molecule has 0 fully saturated rings. The van der Waals surface area contributed by atoms with E-state index in [9.17, 15) is 17.8 Å². The summed E-state index contributed by atoms with van der Waals surface area (Å²) in [5, 5.41) is 9.48. The molecule has 6 heteroatoms. The van der Waals surface area contributed by atoms with Gasteiger partial charge in [0.15, 0.2) is 0 Å². The maximum atomic E-state index is 11.9. The molecule has 122 valence electrons. The normalized spacial score (nSPS) is 12.9. The van der Waals surface area contributed by atoms with Crippen LogP contribution in [0.2, 0.25) is 0 Å². The summed E-state index contributed by atoms with van der Waals surface area (Å²) in [5.41, 5.74) is 0.767. The van der Waals surface area contributed by atoms with Crippen LogP contribution in [0.15, 0.2) is 66.7 Å². The van der Waals surface area contributed by atoms with Crippen molar-refractivity contribution in [2.24, 2.45) is 0 Å². The van der Waals surface area contributed by atoms with E-state index in [1.54, 1.807) is 18.2 Å². The van der Waals surface area contributed by atoms with E-state index in [1.807, 2.05) is 24.3 Å². The van der Waals surface area contributed by atoms with Gasteiger partial charge in [-0.1, -0.05) is 48.5 Å². The van der Waals surface area contributed by atoms with E-state index in [0.29, 0.717) is 11.1 Å². The number of aromatic carboxylic acids is 1. The number of hydrogen-bond acceptors (Lipinski definition) is 3. The molecule has 2 N–H and O–H groups in total. The number of carbonyl (C=O) groups is 1. The molecule has 0 aliphatic rings. The fraction of sp³-hybridized carbons (Fsp3) is 0.0556. The quantitative estimate of drug-likeness (QED) is 0.708. The first kappa shape index (κ1) is 16.2. The van der Waals surface area contributed by atoms with Crippen LogP contribution in [0.1, 0.15) is 26.7 Å². The Morgan fingerprint density at radius 3 is 2.00 bits per heavy atom. The minimum atomic E-state index is -4.42. The second kappa shape index (κ2) is 6.07. The van der Waals surface area contributed by atoms with E-state index < -0.39 is 21.3 Å². The number of rotatable bonds is 4. The van der Waals surface area contributed by atoms with E-state index in [4.69, 9.17) is 5.11 Å². The van der Waals surface area contributed by atoms with Crippen LogP contribution in [-0.4, -0.2) is 24.0 Å². The lowest BCUT2D eigenvalue weighted by molar-refractivity contribution is 0.0697. The highest BCUT2D eigenvalue weighted by Gasteiger charge is 2.27. The third-order valence-corrected chi connectivity index (χ3v) is 4.97. The molecule has 24 heavy (non-hydrogen) atoms. The summed E-state index contributed by atoms with van der Waals surface area (Å²) in [6, 6.07) is 18.1. The van der Waals surface area contributed by atoms with Crippen molar-refractivity contribution >= 4 is 26.9 Å². The summed E-state index contributed by atoms with van der Waals surface area (Å²) in [5.74, 6) is -1.10. The molecule has 1 atom stereocenters. The largest absolute Gasteiger partial charge is 0.478 e. The van der Waals surface area contributed by atoms with E-state index in [0.717, 1.165) is 10.8 Å². The molecular weight excluding hydrogens is 328 g/mol. The highest BCUT2D eigenvalue weighted by Crippen LogP contribution is 2.31. The monoisotopic (exact) mass is 342 g/mol. The van der Waals surface area contributed by atoms with Gasteiger partial charge in [0.25, 0.3) is 10.1 Å². The van der Waals surface area contributed by atoms with Crippen molar-refractivity contribution in [1.82, 2.24) is 0 Å². The third-order valence-electron chi connectivity index (χ3n) is 3.83. The number of hydrogen-bond donors (Lipinski definition) is 2. The average molecular weight is 342 g/mol. The van der Waals surface area contributed by atoms with Crippen molar-refractivity contribution in [2.45, 2.75) is 5.25 Å². The highest BCUT2D eigenvalue weighted by molar-refractivity contribution is 7.86. The molecule has 3 aromatic carbocycles. The Morgan fingerprint density at radius 1 is 0.833 bits per heavy atom. The predicted molar refractivity (Wildman–Crippen MR) is 90.7 cm³/mol. The Morgan fingerprint density at radius 2 is 1.42 bits per heavy atom. The Bertz CT molecular complexity index is 1010. The van der Waals surface area contributed by atoms with Crippen LogP contribution >= 0.6 is 0 Å². The van der Waals surface area contributed by atoms with Crippen molar-refractivity contribution in [1.29, 1.82) is 0 Å². The van der Waals surface area contributed by atoms with Gasteiger partial charge in [-0.2, -0.15) is 8.42 Å². The van der Waals surface area contributed by atoms with E-state index in [1.165, 1.54) is 24.3 Å². The lowest BCUT2D eigenvalue weighted by atomic mass is 10.00. The predicted octanol–water partition coefficient (Wildman–Crippen LogP) is 3.52. The SMILES string of the molecule is O=C(O)c1ccc(C(c2ccc3ccccc3c2)S(=O)(=O)O)cc1. The van der Waals surface area contributed by atoms with Gasteiger partial charge in [-0.15, -0.1) is 0 Å². The second-order valence-corrected chi connectivity index (χ2v) is 6.93. The number of benzene rings is 3. The van der Waals surface area contributed by atoms with Gasteiger partial charge in [0.2, 0.25) is 0 Å². The van der Waals surface area contributed by atoms with Crippen molar-refractivity contribution in [3.8, 4) is 0 Å². The van der Waals surface area contributed by atoms with Crippen LogP contribution < -0.4 is 0 Å². The zero-order chi connectivity index (χ0) is 17.3. The molecule has 0 aliphatic heterocycles. The molecular formula is C18H14O5S. The van der Waals surface area contributed by atoms with Crippen LogP contribution in [0.3, 0.4) is 0 Å². The lowest BCUT2D eigenvalue weighted by Crippen LogP contribution is -2.14. The molecule has 5 nitrogen and oxygen atoms in total. The van der Waals surface area contributed by atoms with Gasteiger partial charge < -0.3 is 5.11 Å². The zero-order valence-corrected chi connectivity index (χ0v) is 13.3. The maximum Gasteiger partial charge on any atom is 0.335 e. The third kappa shape index (κ3) is 3.15. The van der Waals surface area contributed by atoms with Gasteiger partial charge in [-0.25, -0.2) is 4.79 Å². The summed E-state index contributed by atoms with van der Waals surface area (Å²) < 4.78 is 33.5. The first-order chi connectivity index (χ1) is 11.4. The summed E-state index contributed by atoms with van der Waals surface area (Å²) in [6.45, 7) is 0. The highest BCUT2D eigenvalue weighted by atomic mass is 32.2. The Hall–Kier alpha value is -2.70. The minimum Gasteiger partial charge on any atom is -0.478 e. The summed E-state index contributed by atoms with van der Waals surface area (Å²) in [4.78, 5) is 10.9. The number of carboxylic acid groups (broad SMARTS) is 1. The molecule has 0 saturated heterocycles. The molecule has 3 aromatic rings. The zero-order valence-electron chi connectivity index (χ0n) is 12.5. The van der Waals surface area contributed by atoms with Gasteiger partial charge >= 0.3 is 5.97 Å². The maximum absolute atomic E-state index is 11.9. The molecule has 0 saturated carbocycles. The first-order valence-electron chi connectivity index (χ1n) is 7.14. The van der Waals surface area contributed by atoms with Crippen molar-refractivity contribution < 1.29 is 22.9 Å². The average Bonchev–Trinajstić information content (AvgIpc) is 2.54. The summed E-state index contributed by atoms with van der Waals surface area (Å²) in [7, 11) is -4.42. The standard InChI is InChI=1S/C18H14O5S/c19-18(20)14-8-6-13(7-9-14)17(24(21,22)23)16-10-5-12-3-1-2-4-15(12)11-16/h1-11,17H,(H,19,20)(H,21,22,23). The van der Waals surface area contributed by atoms with Crippen LogP contribution in [0.5, 0.6) is 0 Å². The van der Waals surface area contributed by atoms with Gasteiger partial charge in [0.1, 0.15) is 5.25 Å². The van der Waals surface area contributed by atoms with Crippen LogP contribution in [0.25, 0.3) is 10.8 Å². The van der Waals surface area contributed by atoms with Gasteiger partial charge in [-0.05, 0) is 40.1 Å². The molecule has 0 spiro atoms. The van der Waals surface area contributed by atoms with Gasteiger partial charge in [0.05, 0.1) is 5.56 Å². The topological polar surface area (TPSA) is 91.7 Å². The van der Waals surface area contributed by atoms with Crippen LogP contribution in [0, 0.1) is 0 Å². The Labute approximate surface area is 138 Å². The summed E-state index contributed by atoms with van der Waals surface area (Å²) >= 11 is 0. The molecule has 0 amide bonds. The summed E-state index contributed by atoms with van der Waals surface area (Å²) in [6.07, 6.45) is 0. The van der Waals surface area contributed by atoms with Gasteiger partial charge in [-0.3, -0.25) is 4.55 Å². The fourth-order valence-corrected chi connectivity index (χ4v) is 3.70. The van der Waals surface area contributed by atoms with Crippen molar-refractivity contribution in [2.75, 3.05) is 0 Å². The lowest BCUT2D eigenvalue weighted by Gasteiger charge is -2.16. The smallest absolute Gasteiger partial charge is 0.335 e. The molecule has 0 aliphatic carbocycles. The van der Waals surface area contributed by atoms with Crippen LogP contribution in [0.4, 0.5) is 0 Å². The Balaban J connectivity index is 2.13. The Kier molecular flexibility index (Phi) is 4.09. The molecule has 0 aromatic heterocycles. The van der Waals surface area contributed by atoms with E-state index in [2.05, 4.69) is 0 Å². The van der Waals surface area contributed by atoms with Crippen molar-refractivity contribution in [3.63, 3.8) is 0 Å². The number of fused-ring (bicyclic) bond motifs is 1. The molecule has 1 unspecified atom stereocenters. The molecule has 0 heterocycles. The number of carboxylic acids is 1. The van der Waals surface area contributed by atoms with E-state index in [-0.39, 0.29) is 5.56 Å². The van der Waals surface area contributed by atoms with Crippen LogP contribution in [-0.2, 0) is 10.1 Å². The molecule has 3 rings (SSSR count). The minimum absolute atomic E-state index is 0.0475. The molecule has 0 bridgehead atoms. The molecule has 0 radical (unpaired) electrons. The van der Waals surface area contributed by atoms with Crippen molar-refractivity contribution in [3.05, 3.63) is 83.4 Å².